The van der Waals surface area contributed by atoms with Crippen LogP contribution in [0.25, 0.3) is 0 Å². The highest BCUT2D eigenvalue weighted by atomic mass is 16.6. The molecule has 0 aromatic heterocycles. The third-order valence-electron chi connectivity index (χ3n) is 5.85. The highest BCUT2D eigenvalue weighted by molar-refractivity contribution is 5.94. The van der Waals surface area contributed by atoms with Crippen molar-refractivity contribution in [2.45, 2.75) is 50.6 Å². The number of non-ortho nitro benzene ring substituents is 1. The Hall–Kier alpha value is -3.27. The molecule has 174 valence electrons. The molecule has 2 aliphatic rings. The first kappa shape index (κ1) is 25.0. The number of likely N-dealkylation sites (N-methyl/N-ethyl adjacent to an activating group) is 1. The van der Waals surface area contributed by atoms with E-state index >= 15 is 0 Å². The van der Waals surface area contributed by atoms with Crippen molar-refractivity contribution in [2.75, 3.05) is 20.1 Å². The number of hydrogen-bond acceptors (Lipinski definition) is 6. The zero-order valence-electron chi connectivity index (χ0n) is 18.1. The van der Waals surface area contributed by atoms with Gasteiger partial charge in [0.25, 0.3) is 11.6 Å². The standard InChI is InChI=1S/C18H25N3O3.C4H4O4/c1-19(18(22)14-7-9-16(10-8-14)21(23)24)17-11-12-20(13-17)15-5-3-2-4-6-15;5-3(6)1-2-4(7)8/h7-10,15,17H,2-6,11-13H2,1H3;1-2H,(H,5,6)(H,7,8)/b;2-1+. The molecule has 1 amide bonds. The summed E-state index contributed by atoms with van der Waals surface area (Å²) in [7, 11) is 1.85. The maximum absolute atomic E-state index is 12.6. The van der Waals surface area contributed by atoms with Crippen LogP contribution in [0.5, 0.6) is 0 Å². The second kappa shape index (κ2) is 11.9. The number of rotatable bonds is 6. The van der Waals surface area contributed by atoms with Crippen molar-refractivity contribution in [3.05, 3.63) is 52.1 Å². The van der Waals surface area contributed by atoms with Gasteiger partial charge in [-0.1, -0.05) is 19.3 Å². The van der Waals surface area contributed by atoms with Crippen molar-refractivity contribution in [3.63, 3.8) is 0 Å². The molecule has 1 aromatic rings. The average molecular weight is 447 g/mol. The first-order chi connectivity index (χ1) is 15.2. The number of nitro benzene ring substituents is 1. The minimum atomic E-state index is -1.26. The minimum absolute atomic E-state index is 0.0125. The molecular formula is C22H29N3O7. The molecule has 0 spiro atoms. The van der Waals surface area contributed by atoms with E-state index in [9.17, 15) is 24.5 Å². The molecule has 10 nitrogen and oxygen atoms in total. The summed E-state index contributed by atoms with van der Waals surface area (Å²) < 4.78 is 0. The fourth-order valence-corrected chi connectivity index (χ4v) is 4.10. The van der Waals surface area contributed by atoms with Gasteiger partial charge in [-0.3, -0.25) is 19.8 Å². The number of benzene rings is 1. The van der Waals surface area contributed by atoms with Gasteiger partial charge in [0.05, 0.1) is 4.92 Å². The van der Waals surface area contributed by atoms with Crippen molar-refractivity contribution < 1.29 is 29.5 Å². The number of nitrogens with zero attached hydrogens (tertiary/aromatic N) is 3. The van der Waals surface area contributed by atoms with Crippen LogP contribution in [0.15, 0.2) is 36.4 Å². The molecule has 32 heavy (non-hydrogen) atoms. The summed E-state index contributed by atoms with van der Waals surface area (Å²) in [6, 6.07) is 6.80. The van der Waals surface area contributed by atoms with E-state index < -0.39 is 16.9 Å². The molecule has 1 atom stereocenters. The summed E-state index contributed by atoms with van der Waals surface area (Å²) in [4.78, 5) is 46.4. The minimum Gasteiger partial charge on any atom is -0.478 e. The molecule has 1 aromatic carbocycles. The normalized spacial score (nSPS) is 19.2. The molecule has 3 rings (SSSR count). The summed E-state index contributed by atoms with van der Waals surface area (Å²) in [5.41, 5.74) is 0.526. The van der Waals surface area contributed by atoms with Gasteiger partial charge in [0.15, 0.2) is 0 Å². The smallest absolute Gasteiger partial charge is 0.328 e. The quantitative estimate of drug-likeness (QED) is 0.385. The van der Waals surface area contributed by atoms with E-state index in [1.165, 1.54) is 44.2 Å². The molecule has 0 radical (unpaired) electrons. The molecule has 1 heterocycles. The van der Waals surface area contributed by atoms with Crippen LogP contribution >= 0.6 is 0 Å². The number of carboxylic acids is 2. The van der Waals surface area contributed by atoms with Crippen molar-refractivity contribution >= 4 is 23.5 Å². The fourth-order valence-electron chi connectivity index (χ4n) is 4.10. The maximum Gasteiger partial charge on any atom is 0.328 e. The van der Waals surface area contributed by atoms with Gasteiger partial charge in [-0.25, -0.2) is 9.59 Å². The van der Waals surface area contributed by atoms with Crippen LogP contribution in [-0.2, 0) is 9.59 Å². The molecule has 1 unspecified atom stereocenters. The number of amides is 1. The largest absolute Gasteiger partial charge is 0.478 e. The van der Waals surface area contributed by atoms with Gasteiger partial charge in [-0.05, 0) is 31.4 Å². The van der Waals surface area contributed by atoms with E-state index in [0.29, 0.717) is 23.8 Å². The molecular weight excluding hydrogens is 418 g/mol. The molecule has 0 bridgehead atoms. The van der Waals surface area contributed by atoms with Gasteiger partial charge in [0.1, 0.15) is 0 Å². The lowest BCUT2D eigenvalue weighted by Crippen LogP contribution is -2.41. The fraction of sp³-hybridized carbons (Fsp3) is 0.500. The lowest BCUT2D eigenvalue weighted by atomic mass is 9.94. The lowest BCUT2D eigenvalue weighted by Gasteiger charge is -2.32. The van der Waals surface area contributed by atoms with Crippen LogP contribution in [0.4, 0.5) is 5.69 Å². The molecule has 2 fully saturated rings. The zero-order valence-corrected chi connectivity index (χ0v) is 18.1. The Kier molecular flexibility index (Phi) is 9.33. The number of aliphatic carboxylic acids is 2. The third kappa shape index (κ3) is 7.45. The van der Waals surface area contributed by atoms with Crippen LogP contribution in [0.1, 0.15) is 48.9 Å². The first-order valence-corrected chi connectivity index (χ1v) is 10.6. The summed E-state index contributed by atoms with van der Waals surface area (Å²) in [6.45, 7) is 2.01. The monoisotopic (exact) mass is 447 g/mol. The van der Waals surface area contributed by atoms with Gasteiger partial charge in [-0.2, -0.15) is 0 Å². The molecule has 1 saturated carbocycles. The number of nitro groups is 1. The Morgan fingerprint density at radius 2 is 1.59 bits per heavy atom. The summed E-state index contributed by atoms with van der Waals surface area (Å²) in [5, 5.41) is 26.3. The summed E-state index contributed by atoms with van der Waals surface area (Å²) >= 11 is 0. The van der Waals surface area contributed by atoms with Crippen LogP contribution in [0.2, 0.25) is 0 Å². The predicted molar refractivity (Wildman–Crippen MR) is 116 cm³/mol. The van der Waals surface area contributed by atoms with Gasteiger partial charge < -0.3 is 15.1 Å². The Morgan fingerprint density at radius 1 is 1.03 bits per heavy atom. The topological polar surface area (TPSA) is 141 Å². The van der Waals surface area contributed by atoms with E-state index in [0.717, 1.165) is 19.5 Å². The number of carbonyl (C=O) groups excluding carboxylic acids is 1. The Morgan fingerprint density at radius 3 is 2.09 bits per heavy atom. The molecule has 1 saturated heterocycles. The third-order valence-corrected chi connectivity index (χ3v) is 5.85. The Bertz CT molecular complexity index is 832. The van der Waals surface area contributed by atoms with Crippen LogP contribution < -0.4 is 0 Å². The van der Waals surface area contributed by atoms with Crippen LogP contribution in [-0.4, -0.2) is 75.0 Å². The van der Waals surface area contributed by atoms with Crippen molar-refractivity contribution in [1.82, 2.24) is 9.80 Å². The van der Waals surface area contributed by atoms with Crippen LogP contribution in [0, 0.1) is 10.1 Å². The predicted octanol–water partition coefficient (Wildman–Crippen LogP) is 2.79. The van der Waals surface area contributed by atoms with E-state index in [2.05, 4.69) is 4.90 Å². The number of carbonyl (C=O) groups is 3. The van der Waals surface area contributed by atoms with E-state index in [4.69, 9.17) is 10.2 Å². The highest BCUT2D eigenvalue weighted by Gasteiger charge is 2.32. The zero-order chi connectivity index (χ0) is 23.7. The second-order valence-corrected chi connectivity index (χ2v) is 7.96. The Balaban J connectivity index is 0.000000390. The van der Waals surface area contributed by atoms with Gasteiger partial charge >= 0.3 is 11.9 Å². The highest BCUT2D eigenvalue weighted by Crippen LogP contribution is 2.27. The summed E-state index contributed by atoms with van der Waals surface area (Å²) in [5.74, 6) is -2.57. The van der Waals surface area contributed by atoms with Gasteiger partial charge in [-0.15, -0.1) is 0 Å². The summed E-state index contributed by atoms with van der Waals surface area (Å²) in [6.07, 6.45) is 8.69. The molecule has 1 aliphatic heterocycles. The first-order valence-electron chi connectivity index (χ1n) is 10.6. The van der Waals surface area contributed by atoms with Crippen molar-refractivity contribution in [2.24, 2.45) is 0 Å². The van der Waals surface area contributed by atoms with Crippen molar-refractivity contribution in [3.8, 4) is 0 Å². The number of hydrogen-bond donors (Lipinski definition) is 2. The molecule has 1 aliphatic carbocycles. The average Bonchev–Trinajstić information content (AvgIpc) is 3.28. The SMILES string of the molecule is CN(C(=O)c1ccc([N+](=O)[O-])cc1)C1CCN(C2CCCCC2)C1.O=C(O)/C=C/C(=O)O. The molecule has 2 N–H and O–H groups in total. The van der Waals surface area contributed by atoms with Crippen molar-refractivity contribution in [1.29, 1.82) is 0 Å². The number of likely N-dealkylation sites (tertiary alicyclic amines) is 1. The van der Waals surface area contributed by atoms with E-state index in [1.54, 1.807) is 12.1 Å². The Labute approximate surface area is 186 Å². The van der Waals surface area contributed by atoms with E-state index in [1.807, 2.05) is 11.9 Å². The van der Waals surface area contributed by atoms with Gasteiger partial charge in [0.2, 0.25) is 0 Å². The number of carboxylic acid groups (broad SMARTS) is 2. The van der Waals surface area contributed by atoms with Gasteiger partial charge in [0, 0.05) is 62.1 Å². The second-order valence-electron chi connectivity index (χ2n) is 7.96. The van der Waals surface area contributed by atoms with Crippen LogP contribution in [0.3, 0.4) is 0 Å². The molecule has 10 heteroatoms. The van der Waals surface area contributed by atoms with E-state index in [-0.39, 0.29) is 17.6 Å². The lowest BCUT2D eigenvalue weighted by molar-refractivity contribution is -0.384. The maximum atomic E-state index is 12.6.